The first-order chi connectivity index (χ1) is 20.3. The van der Waals surface area contributed by atoms with Gasteiger partial charge in [0.1, 0.15) is 0 Å². The number of rotatable bonds is 13. The van der Waals surface area contributed by atoms with E-state index in [1.165, 1.54) is 0 Å². The summed E-state index contributed by atoms with van der Waals surface area (Å²) in [6, 6.07) is 19.4. The molecule has 0 amide bonds. The largest absolute Gasteiger partial charge is 0.481 e. The second-order valence-corrected chi connectivity index (χ2v) is 10.8. The van der Waals surface area contributed by atoms with Gasteiger partial charge in [0.15, 0.2) is 0 Å². The summed E-state index contributed by atoms with van der Waals surface area (Å²) >= 11 is 14.1. The van der Waals surface area contributed by atoms with Gasteiger partial charge in [0.05, 0.1) is 42.3 Å². The fourth-order valence-electron chi connectivity index (χ4n) is 5.05. The second kappa shape index (κ2) is 14.8. The summed E-state index contributed by atoms with van der Waals surface area (Å²) in [5, 5.41) is 22.7. The first-order valence-corrected chi connectivity index (χ1v) is 14.7. The zero-order valence-corrected chi connectivity index (χ0v) is 25.8. The van der Waals surface area contributed by atoms with Crippen molar-refractivity contribution in [2.45, 2.75) is 38.6 Å². The van der Waals surface area contributed by atoms with Crippen LogP contribution in [0, 0.1) is 0 Å². The maximum Gasteiger partial charge on any atom is 0.218 e. The number of ether oxygens (including phenoxy) is 2. The average molecular weight is 611 g/mol. The zero-order chi connectivity index (χ0) is 30.2. The fourth-order valence-corrected chi connectivity index (χ4v) is 5.70. The summed E-state index contributed by atoms with van der Waals surface area (Å²) in [7, 11) is 3.20. The summed E-state index contributed by atoms with van der Waals surface area (Å²) < 4.78 is 11.2. The van der Waals surface area contributed by atoms with E-state index in [9.17, 15) is 5.11 Å². The molecule has 2 heterocycles. The first-order valence-electron chi connectivity index (χ1n) is 14.0. The van der Waals surface area contributed by atoms with Gasteiger partial charge in [0.2, 0.25) is 11.8 Å². The molecule has 2 atom stereocenters. The topological polar surface area (TPSA) is 96.7 Å². The van der Waals surface area contributed by atoms with Gasteiger partial charge in [-0.25, -0.2) is 9.97 Å². The maximum atomic E-state index is 9.22. The third-order valence-electron chi connectivity index (χ3n) is 7.36. The van der Waals surface area contributed by atoms with Crippen molar-refractivity contribution in [1.29, 1.82) is 0 Å². The predicted molar refractivity (Wildman–Crippen MR) is 170 cm³/mol. The molecule has 9 heteroatoms. The monoisotopic (exact) mass is 609 g/mol. The van der Waals surface area contributed by atoms with Gasteiger partial charge in [0.25, 0.3) is 0 Å². The van der Waals surface area contributed by atoms with Gasteiger partial charge in [-0.15, -0.1) is 0 Å². The molecule has 0 saturated carbocycles. The van der Waals surface area contributed by atoms with E-state index in [2.05, 4.69) is 12.2 Å². The van der Waals surface area contributed by atoms with E-state index in [1.807, 2.05) is 67.6 Å². The molecule has 4 aromatic rings. The van der Waals surface area contributed by atoms with E-state index < -0.39 is 0 Å². The van der Waals surface area contributed by atoms with E-state index in [0.717, 1.165) is 39.8 Å². The minimum atomic E-state index is -0.0537. The Morgan fingerprint density at radius 2 is 1.21 bits per heavy atom. The number of aromatic nitrogens is 2. The Bertz CT molecular complexity index is 1400. The Morgan fingerprint density at radius 1 is 0.714 bits per heavy atom. The number of pyridine rings is 2. The highest BCUT2D eigenvalue weighted by Crippen LogP contribution is 2.43. The molecule has 0 aliphatic heterocycles. The zero-order valence-electron chi connectivity index (χ0n) is 24.3. The molecular weight excluding hydrogens is 573 g/mol. The Kier molecular flexibility index (Phi) is 11.2. The third kappa shape index (κ3) is 6.88. The number of benzene rings is 2. The normalized spacial score (nSPS) is 12.7. The molecule has 7 nitrogen and oxygen atoms in total. The molecule has 0 saturated heterocycles. The Morgan fingerprint density at radius 3 is 1.71 bits per heavy atom. The molecule has 2 aromatic carbocycles. The van der Waals surface area contributed by atoms with Crippen LogP contribution in [0.4, 0.5) is 0 Å². The highest BCUT2D eigenvalue weighted by Gasteiger charge is 2.20. The molecular formula is C33H37Cl2N3O4. The molecule has 0 aliphatic carbocycles. The van der Waals surface area contributed by atoms with E-state index >= 15 is 0 Å². The molecule has 0 spiro atoms. The molecule has 0 aliphatic rings. The molecule has 0 fully saturated rings. The minimum absolute atomic E-state index is 0.0455. The molecule has 222 valence electrons. The van der Waals surface area contributed by atoms with Crippen molar-refractivity contribution < 1.29 is 19.7 Å². The lowest BCUT2D eigenvalue weighted by Crippen LogP contribution is -2.22. The summed E-state index contributed by atoms with van der Waals surface area (Å²) in [6.07, 6.45) is 1.55. The smallest absolute Gasteiger partial charge is 0.218 e. The number of nitrogens with zero attached hydrogens (tertiary/aromatic N) is 2. The molecule has 3 N–H and O–H groups in total. The number of nitrogens with one attached hydrogen (secondary N) is 1. The van der Waals surface area contributed by atoms with Crippen LogP contribution in [-0.4, -0.2) is 54.2 Å². The van der Waals surface area contributed by atoms with Gasteiger partial charge < -0.3 is 25.0 Å². The van der Waals surface area contributed by atoms with Crippen LogP contribution in [-0.2, 0) is 0 Å². The fraction of sp³-hybridized carbons (Fsp3) is 0.333. The molecule has 0 radical (unpaired) electrons. The van der Waals surface area contributed by atoms with Crippen LogP contribution in [0.2, 0.25) is 10.0 Å². The van der Waals surface area contributed by atoms with Crippen molar-refractivity contribution in [2.75, 3.05) is 34.0 Å². The predicted octanol–water partition coefficient (Wildman–Crippen LogP) is 7.32. The highest BCUT2D eigenvalue weighted by molar-refractivity contribution is 6.39. The standard InChI is InChI=1S/C33H37Cl2N3O4/c1-20(8-7-18-39)22-13-15-28(37-32(22)41-3)26-11-5-9-24(30(26)34)25-10-6-12-27(31(25)35)29-16-14-23(33(38-29)42-4)21(2)36-17-19-40/h5-6,9-16,20-21,36,39-40H,7-8,17-19H2,1-4H3/t20-,21+/m1/s1. The van der Waals surface area contributed by atoms with Gasteiger partial charge in [0, 0.05) is 52.6 Å². The Balaban J connectivity index is 1.72. The lowest BCUT2D eigenvalue weighted by atomic mass is 9.95. The molecule has 4 rings (SSSR count). The van der Waals surface area contributed by atoms with Gasteiger partial charge in [-0.1, -0.05) is 72.6 Å². The lowest BCUT2D eigenvalue weighted by Gasteiger charge is -2.18. The molecule has 0 unspecified atom stereocenters. The number of hydrogen-bond donors (Lipinski definition) is 3. The van der Waals surface area contributed by atoms with Gasteiger partial charge in [-0.3, -0.25) is 0 Å². The third-order valence-corrected chi connectivity index (χ3v) is 8.18. The number of aliphatic hydroxyl groups is 2. The maximum absolute atomic E-state index is 9.22. The Labute approximate surface area is 257 Å². The van der Waals surface area contributed by atoms with Crippen molar-refractivity contribution >= 4 is 23.2 Å². The van der Waals surface area contributed by atoms with Gasteiger partial charge in [-0.2, -0.15) is 0 Å². The summed E-state index contributed by atoms with van der Waals surface area (Å²) in [4.78, 5) is 9.54. The SMILES string of the molecule is COc1nc(-c2cccc(-c3cccc(-c4ccc([C@H](C)NCCO)c(OC)n4)c3Cl)c2Cl)ccc1[C@H](C)CCCO. The van der Waals surface area contributed by atoms with Crippen LogP contribution in [0.25, 0.3) is 33.6 Å². The van der Waals surface area contributed by atoms with Crippen LogP contribution in [0.15, 0.2) is 60.7 Å². The summed E-state index contributed by atoms with van der Waals surface area (Å²) in [5.41, 5.74) is 6.28. The number of aliphatic hydroxyl groups excluding tert-OH is 2. The number of methoxy groups -OCH3 is 2. The van der Waals surface area contributed by atoms with E-state index in [-0.39, 0.29) is 25.2 Å². The van der Waals surface area contributed by atoms with Crippen LogP contribution >= 0.6 is 23.2 Å². The first kappa shape index (κ1) is 31.7. The summed E-state index contributed by atoms with van der Waals surface area (Å²) in [6.45, 7) is 4.76. The van der Waals surface area contributed by atoms with Crippen LogP contribution in [0.3, 0.4) is 0 Å². The van der Waals surface area contributed by atoms with Crippen LogP contribution < -0.4 is 14.8 Å². The number of hydrogen-bond acceptors (Lipinski definition) is 7. The second-order valence-electron chi connectivity index (χ2n) is 10.1. The van der Waals surface area contributed by atoms with Gasteiger partial charge >= 0.3 is 0 Å². The van der Waals surface area contributed by atoms with Crippen molar-refractivity contribution in [3.63, 3.8) is 0 Å². The van der Waals surface area contributed by atoms with E-state index in [1.54, 1.807) is 14.2 Å². The van der Waals surface area contributed by atoms with Crippen molar-refractivity contribution in [3.8, 4) is 45.4 Å². The highest BCUT2D eigenvalue weighted by atomic mass is 35.5. The van der Waals surface area contributed by atoms with Crippen LogP contribution in [0.5, 0.6) is 11.8 Å². The Hall–Kier alpha value is -3.20. The van der Waals surface area contributed by atoms with Crippen LogP contribution in [0.1, 0.15) is 49.8 Å². The lowest BCUT2D eigenvalue weighted by molar-refractivity contribution is 0.280. The minimum Gasteiger partial charge on any atom is -0.481 e. The molecule has 0 bridgehead atoms. The van der Waals surface area contributed by atoms with Gasteiger partial charge in [-0.05, 0) is 43.9 Å². The molecule has 2 aromatic heterocycles. The van der Waals surface area contributed by atoms with Crippen molar-refractivity contribution in [1.82, 2.24) is 15.3 Å². The summed E-state index contributed by atoms with van der Waals surface area (Å²) in [5.74, 6) is 1.23. The van der Waals surface area contributed by atoms with Crippen molar-refractivity contribution in [2.24, 2.45) is 0 Å². The molecule has 42 heavy (non-hydrogen) atoms. The number of halogens is 2. The van der Waals surface area contributed by atoms with Crippen molar-refractivity contribution in [3.05, 3.63) is 81.8 Å². The van der Waals surface area contributed by atoms with E-state index in [4.69, 9.17) is 47.8 Å². The quantitative estimate of drug-likeness (QED) is 0.146. The van der Waals surface area contributed by atoms with E-state index in [0.29, 0.717) is 46.2 Å². The average Bonchev–Trinajstić information content (AvgIpc) is 3.02.